The zero-order chi connectivity index (χ0) is 19.4. The summed E-state index contributed by atoms with van der Waals surface area (Å²) in [5.74, 6) is 0.517. The van der Waals surface area contributed by atoms with Crippen molar-refractivity contribution in [2.24, 2.45) is 0 Å². The molecular formula is C23H26FNO2. The largest absolute Gasteiger partial charge is 0.508 e. The Morgan fingerprint density at radius 1 is 1.04 bits per heavy atom. The number of aromatic hydroxyl groups is 1. The van der Waals surface area contributed by atoms with Gasteiger partial charge in [-0.15, -0.1) is 0 Å². The molecule has 0 atom stereocenters. The Labute approximate surface area is 160 Å². The van der Waals surface area contributed by atoms with Gasteiger partial charge in [0.2, 0.25) is 0 Å². The van der Waals surface area contributed by atoms with Gasteiger partial charge in [0, 0.05) is 5.56 Å². The first kappa shape index (κ1) is 19.2. The Balaban J connectivity index is 2.07. The number of aryl methyl sites for hydroxylation is 1. The van der Waals surface area contributed by atoms with Gasteiger partial charge in [-0.05, 0) is 50.2 Å². The van der Waals surface area contributed by atoms with Crippen molar-refractivity contribution in [3.05, 3.63) is 65.7 Å². The molecule has 0 bridgehead atoms. The highest BCUT2D eigenvalue weighted by Crippen LogP contribution is 2.39. The van der Waals surface area contributed by atoms with E-state index in [9.17, 15) is 5.11 Å². The molecule has 0 aliphatic rings. The summed E-state index contributed by atoms with van der Waals surface area (Å²) in [5, 5.41) is 9.84. The van der Waals surface area contributed by atoms with Crippen LogP contribution in [-0.2, 0) is 13.0 Å². The van der Waals surface area contributed by atoms with Crippen LogP contribution in [0.5, 0.6) is 5.75 Å². The lowest BCUT2D eigenvalue weighted by molar-refractivity contribution is 0.339. The molecule has 0 radical (unpaired) electrons. The van der Waals surface area contributed by atoms with Gasteiger partial charge < -0.3 is 14.4 Å². The predicted molar refractivity (Wildman–Crippen MR) is 107 cm³/mol. The Morgan fingerprint density at radius 2 is 1.78 bits per heavy atom. The number of unbranched alkanes of at least 4 members (excludes halogenated alkanes) is 1. The average Bonchev–Trinajstić information content (AvgIpc) is 2.96. The third-order valence-electron chi connectivity index (χ3n) is 4.55. The molecule has 27 heavy (non-hydrogen) atoms. The molecule has 0 unspecified atom stereocenters. The first-order valence-electron chi connectivity index (χ1n) is 9.34. The number of benzene rings is 2. The quantitative estimate of drug-likeness (QED) is 0.568. The molecule has 4 heteroatoms. The van der Waals surface area contributed by atoms with Crippen molar-refractivity contribution in [2.45, 2.75) is 32.7 Å². The summed E-state index contributed by atoms with van der Waals surface area (Å²) < 4.78 is 21.2. The van der Waals surface area contributed by atoms with Crippen LogP contribution in [-0.4, -0.2) is 24.1 Å². The number of rotatable bonds is 7. The van der Waals surface area contributed by atoms with Gasteiger partial charge in [-0.3, -0.25) is 0 Å². The molecule has 0 saturated heterocycles. The van der Waals surface area contributed by atoms with E-state index >= 15 is 4.39 Å². The van der Waals surface area contributed by atoms with Crippen LogP contribution in [0.15, 0.2) is 52.9 Å². The molecule has 1 aromatic heterocycles. The molecule has 0 aliphatic heterocycles. The molecule has 0 saturated carbocycles. The zero-order valence-corrected chi connectivity index (χ0v) is 16.1. The van der Waals surface area contributed by atoms with Crippen LogP contribution in [0, 0.1) is 5.82 Å². The van der Waals surface area contributed by atoms with Crippen LogP contribution in [0.25, 0.3) is 22.5 Å². The minimum Gasteiger partial charge on any atom is -0.508 e. The number of nitrogens with zero attached hydrogens (tertiary/aromatic N) is 1. The second-order valence-corrected chi connectivity index (χ2v) is 7.13. The Morgan fingerprint density at radius 3 is 2.41 bits per heavy atom. The molecular weight excluding hydrogens is 341 g/mol. The third-order valence-corrected chi connectivity index (χ3v) is 4.55. The fourth-order valence-corrected chi connectivity index (χ4v) is 3.17. The van der Waals surface area contributed by atoms with Crippen molar-refractivity contribution < 1.29 is 13.9 Å². The summed E-state index contributed by atoms with van der Waals surface area (Å²) in [6.45, 7) is 2.54. The topological polar surface area (TPSA) is 36.6 Å². The van der Waals surface area contributed by atoms with E-state index in [1.165, 1.54) is 5.56 Å². The molecule has 0 fully saturated rings. The van der Waals surface area contributed by atoms with E-state index in [1.54, 1.807) is 24.3 Å². The SMILES string of the molecule is CCCCc1ccc(-c2oc(CN(C)C)c(F)c2-c2cccc(O)c2)cc1. The minimum absolute atomic E-state index is 0.100. The first-order chi connectivity index (χ1) is 13.0. The van der Waals surface area contributed by atoms with Crippen molar-refractivity contribution >= 4 is 0 Å². The normalized spacial score (nSPS) is 11.3. The molecule has 1 heterocycles. The maximum atomic E-state index is 15.2. The van der Waals surface area contributed by atoms with Gasteiger partial charge in [0.25, 0.3) is 0 Å². The molecule has 3 nitrogen and oxygen atoms in total. The highest BCUT2D eigenvalue weighted by molar-refractivity contribution is 5.81. The number of phenols is 1. The van der Waals surface area contributed by atoms with E-state index in [4.69, 9.17) is 4.42 Å². The van der Waals surface area contributed by atoms with E-state index in [0.29, 0.717) is 29.2 Å². The fourth-order valence-electron chi connectivity index (χ4n) is 3.17. The predicted octanol–water partition coefficient (Wildman–Crippen LogP) is 5.86. The van der Waals surface area contributed by atoms with Crippen molar-refractivity contribution in [3.8, 4) is 28.2 Å². The van der Waals surface area contributed by atoms with Crippen LogP contribution in [0.2, 0.25) is 0 Å². The summed E-state index contributed by atoms with van der Waals surface area (Å²) in [4.78, 5) is 1.87. The lowest BCUT2D eigenvalue weighted by Crippen LogP contribution is -2.10. The second kappa shape index (κ2) is 8.40. The number of phenolic OH excluding ortho intramolecular Hbond substituents is 1. The third kappa shape index (κ3) is 4.40. The van der Waals surface area contributed by atoms with E-state index in [-0.39, 0.29) is 11.6 Å². The highest BCUT2D eigenvalue weighted by atomic mass is 19.1. The standard InChI is InChI=1S/C23H26FNO2/c1-4-5-7-16-10-12-17(13-11-16)23-21(18-8-6-9-19(26)14-18)22(24)20(27-23)15-25(2)3/h6,8-14,26H,4-5,7,15H2,1-3H3. The molecule has 142 valence electrons. The molecule has 1 N–H and O–H groups in total. The van der Waals surface area contributed by atoms with Crippen molar-refractivity contribution in [2.75, 3.05) is 14.1 Å². The molecule has 3 aromatic rings. The van der Waals surface area contributed by atoms with Crippen LogP contribution < -0.4 is 0 Å². The summed E-state index contributed by atoms with van der Waals surface area (Å²) in [5.41, 5.74) is 3.09. The maximum absolute atomic E-state index is 15.2. The Bertz CT molecular complexity index is 897. The average molecular weight is 367 g/mol. The van der Waals surface area contributed by atoms with Crippen molar-refractivity contribution in [3.63, 3.8) is 0 Å². The van der Waals surface area contributed by atoms with Gasteiger partial charge in [-0.25, -0.2) is 4.39 Å². The van der Waals surface area contributed by atoms with E-state index in [0.717, 1.165) is 24.8 Å². The monoisotopic (exact) mass is 367 g/mol. The second-order valence-electron chi connectivity index (χ2n) is 7.13. The van der Waals surface area contributed by atoms with Crippen LogP contribution in [0.4, 0.5) is 4.39 Å². The minimum atomic E-state index is -0.376. The Hall–Kier alpha value is -2.59. The zero-order valence-electron chi connectivity index (χ0n) is 16.1. The van der Waals surface area contributed by atoms with Gasteiger partial charge in [0.1, 0.15) is 11.5 Å². The van der Waals surface area contributed by atoms with Crippen LogP contribution >= 0.6 is 0 Å². The van der Waals surface area contributed by atoms with Crippen molar-refractivity contribution in [1.29, 1.82) is 0 Å². The summed E-state index contributed by atoms with van der Waals surface area (Å²) >= 11 is 0. The number of hydrogen-bond acceptors (Lipinski definition) is 3. The molecule has 0 aliphatic carbocycles. The van der Waals surface area contributed by atoms with Gasteiger partial charge in [0.05, 0.1) is 12.1 Å². The summed E-state index contributed by atoms with van der Waals surface area (Å²) in [6, 6.07) is 14.7. The van der Waals surface area contributed by atoms with Crippen molar-refractivity contribution in [1.82, 2.24) is 4.90 Å². The molecule has 0 spiro atoms. The summed E-state index contributed by atoms with van der Waals surface area (Å²) in [6.07, 6.45) is 3.34. The Kier molecular flexibility index (Phi) is 5.97. The smallest absolute Gasteiger partial charge is 0.174 e. The van der Waals surface area contributed by atoms with Gasteiger partial charge in [-0.1, -0.05) is 49.7 Å². The van der Waals surface area contributed by atoms with Gasteiger partial charge in [0.15, 0.2) is 11.6 Å². The maximum Gasteiger partial charge on any atom is 0.174 e. The number of halogens is 1. The van der Waals surface area contributed by atoms with E-state index in [2.05, 4.69) is 19.1 Å². The lowest BCUT2D eigenvalue weighted by atomic mass is 9.99. The molecule has 3 rings (SSSR count). The lowest BCUT2D eigenvalue weighted by Gasteiger charge is -2.06. The number of hydrogen-bond donors (Lipinski definition) is 1. The molecule has 2 aromatic carbocycles. The number of furan rings is 1. The van der Waals surface area contributed by atoms with E-state index in [1.807, 2.05) is 31.1 Å². The highest BCUT2D eigenvalue weighted by Gasteiger charge is 2.23. The van der Waals surface area contributed by atoms with E-state index < -0.39 is 0 Å². The molecule has 0 amide bonds. The first-order valence-corrected chi connectivity index (χ1v) is 9.34. The summed E-state index contributed by atoms with van der Waals surface area (Å²) in [7, 11) is 3.75. The van der Waals surface area contributed by atoms with Crippen LogP contribution in [0.1, 0.15) is 31.1 Å². The van der Waals surface area contributed by atoms with Gasteiger partial charge >= 0.3 is 0 Å². The van der Waals surface area contributed by atoms with Crippen LogP contribution in [0.3, 0.4) is 0 Å². The fraction of sp³-hybridized carbons (Fsp3) is 0.304. The van der Waals surface area contributed by atoms with Gasteiger partial charge in [-0.2, -0.15) is 0 Å².